The van der Waals surface area contributed by atoms with Crippen molar-refractivity contribution in [2.75, 3.05) is 0 Å². The van der Waals surface area contributed by atoms with Gasteiger partial charge in [-0.1, -0.05) is 18.2 Å². The van der Waals surface area contributed by atoms with E-state index in [4.69, 9.17) is 14.6 Å². The van der Waals surface area contributed by atoms with Crippen LogP contribution in [0, 0.1) is 6.92 Å². The molecule has 3 nitrogen and oxygen atoms in total. The Bertz CT molecular complexity index is 664. The Morgan fingerprint density at radius 2 is 2.12 bits per heavy atom. The number of aryl methyl sites for hydroxylation is 1. The molecule has 0 fully saturated rings. The van der Waals surface area contributed by atoms with Gasteiger partial charge < -0.3 is 14.6 Å². The van der Waals surface area contributed by atoms with Crippen LogP contribution in [0.25, 0.3) is 22.3 Å². The molecule has 0 aliphatic heterocycles. The van der Waals surface area contributed by atoms with Gasteiger partial charge in [-0.3, -0.25) is 0 Å². The van der Waals surface area contributed by atoms with Gasteiger partial charge in [0.2, 0.25) is 0 Å². The molecule has 2 heterocycles. The standard InChI is InChI=1S/C14H13NO2/c1-9-3-2-4-10-7-12(17-14(9)10)11-5-6-16-13(11)8-15/h2-7H,8,15H2,1H3. The fourth-order valence-corrected chi connectivity index (χ4v) is 2.06. The highest BCUT2D eigenvalue weighted by molar-refractivity contribution is 5.85. The van der Waals surface area contributed by atoms with Crippen molar-refractivity contribution in [1.29, 1.82) is 0 Å². The third kappa shape index (κ3) is 1.56. The van der Waals surface area contributed by atoms with E-state index in [1.807, 2.05) is 37.3 Å². The SMILES string of the molecule is Cc1cccc2cc(-c3ccoc3CN)oc12. The van der Waals surface area contributed by atoms with Gasteiger partial charge in [-0.05, 0) is 24.6 Å². The van der Waals surface area contributed by atoms with E-state index in [0.29, 0.717) is 6.54 Å². The van der Waals surface area contributed by atoms with Crippen LogP contribution in [0.4, 0.5) is 0 Å². The molecule has 17 heavy (non-hydrogen) atoms. The van der Waals surface area contributed by atoms with Gasteiger partial charge in [0.15, 0.2) is 0 Å². The maximum absolute atomic E-state index is 5.87. The molecular formula is C14H13NO2. The summed E-state index contributed by atoms with van der Waals surface area (Å²) in [6.07, 6.45) is 1.64. The number of nitrogens with two attached hydrogens (primary N) is 1. The Balaban J connectivity index is 2.22. The number of fused-ring (bicyclic) bond motifs is 1. The average molecular weight is 227 g/mol. The average Bonchev–Trinajstić information content (AvgIpc) is 2.94. The van der Waals surface area contributed by atoms with Gasteiger partial charge in [-0.15, -0.1) is 0 Å². The lowest BCUT2D eigenvalue weighted by molar-refractivity contribution is 0.511. The van der Waals surface area contributed by atoms with Crippen molar-refractivity contribution in [3.05, 3.63) is 47.9 Å². The Morgan fingerprint density at radius 1 is 1.24 bits per heavy atom. The van der Waals surface area contributed by atoms with Crippen LogP contribution in [0.1, 0.15) is 11.3 Å². The summed E-state index contributed by atoms with van der Waals surface area (Å²) in [5.41, 5.74) is 8.61. The second-order valence-electron chi connectivity index (χ2n) is 4.07. The zero-order valence-electron chi connectivity index (χ0n) is 9.57. The van der Waals surface area contributed by atoms with Crippen LogP contribution in [0.2, 0.25) is 0 Å². The topological polar surface area (TPSA) is 52.3 Å². The number of hydrogen-bond donors (Lipinski definition) is 1. The summed E-state index contributed by atoms with van der Waals surface area (Å²) < 4.78 is 11.2. The van der Waals surface area contributed by atoms with E-state index in [9.17, 15) is 0 Å². The van der Waals surface area contributed by atoms with Gasteiger partial charge >= 0.3 is 0 Å². The van der Waals surface area contributed by atoms with Crippen LogP contribution >= 0.6 is 0 Å². The third-order valence-electron chi connectivity index (χ3n) is 2.94. The molecule has 0 aliphatic rings. The van der Waals surface area contributed by atoms with Crippen LogP contribution in [-0.2, 0) is 6.54 Å². The number of benzene rings is 1. The fourth-order valence-electron chi connectivity index (χ4n) is 2.06. The second-order valence-corrected chi connectivity index (χ2v) is 4.07. The van der Waals surface area contributed by atoms with E-state index in [2.05, 4.69) is 0 Å². The fraction of sp³-hybridized carbons (Fsp3) is 0.143. The lowest BCUT2D eigenvalue weighted by atomic mass is 10.1. The molecule has 2 N–H and O–H groups in total. The first-order valence-electron chi connectivity index (χ1n) is 5.55. The number of rotatable bonds is 2. The molecule has 2 aromatic heterocycles. The Kier molecular flexibility index (Phi) is 2.27. The minimum Gasteiger partial charge on any atom is -0.467 e. The molecule has 1 aromatic carbocycles. The molecule has 0 aliphatic carbocycles. The predicted molar refractivity (Wildman–Crippen MR) is 66.5 cm³/mol. The normalized spacial score (nSPS) is 11.2. The monoisotopic (exact) mass is 227 g/mol. The smallest absolute Gasteiger partial charge is 0.138 e. The van der Waals surface area contributed by atoms with Crippen LogP contribution in [0.5, 0.6) is 0 Å². The summed E-state index contributed by atoms with van der Waals surface area (Å²) in [4.78, 5) is 0. The van der Waals surface area contributed by atoms with E-state index in [0.717, 1.165) is 33.6 Å². The van der Waals surface area contributed by atoms with E-state index in [-0.39, 0.29) is 0 Å². The molecule has 0 bridgehead atoms. The Morgan fingerprint density at radius 3 is 2.88 bits per heavy atom. The van der Waals surface area contributed by atoms with Gasteiger partial charge in [0.1, 0.15) is 17.1 Å². The van der Waals surface area contributed by atoms with Crippen LogP contribution in [-0.4, -0.2) is 0 Å². The third-order valence-corrected chi connectivity index (χ3v) is 2.94. The summed E-state index contributed by atoms with van der Waals surface area (Å²) in [6, 6.07) is 10.0. The molecule has 3 heteroatoms. The zero-order valence-corrected chi connectivity index (χ0v) is 9.57. The number of hydrogen-bond acceptors (Lipinski definition) is 3. The van der Waals surface area contributed by atoms with Crippen molar-refractivity contribution >= 4 is 11.0 Å². The van der Waals surface area contributed by atoms with Crippen molar-refractivity contribution in [1.82, 2.24) is 0 Å². The molecule has 0 saturated carbocycles. The molecule has 0 saturated heterocycles. The van der Waals surface area contributed by atoms with E-state index in [1.165, 1.54) is 0 Å². The lowest BCUT2D eigenvalue weighted by Gasteiger charge is -1.95. The highest BCUT2D eigenvalue weighted by Crippen LogP contribution is 2.31. The molecular weight excluding hydrogens is 214 g/mol. The van der Waals surface area contributed by atoms with Gasteiger partial charge in [0, 0.05) is 5.39 Å². The predicted octanol–water partition coefficient (Wildman–Crippen LogP) is 3.46. The molecule has 3 aromatic rings. The number of para-hydroxylation sites is 1. The maximum atomic E-state index is 5.87. The van der Waals surface area contributed by atoms with Gasteiger partial charge in [0.05, 0.1) is 18.4 Å². The highest BCUT2D eigenvalue weighted by atomic mass is 16.3. The molecule has 3 rings (SSSR count). The van der Waals surface area contributed by atoms with Gasteiger partial charge in [-0.2, -0.15) is 0 Å². The summed E-state index contributed by atoms with van der Waals surface area (Å²) >= 11 is 0. The van der Waals surface area contributed by atoms with E-state index < -0.39 is 0 Å². The van der Waals surface area contributed by atoms with Crippen LogP contribution < -0.4 is 5.73 Å². The molecule has 0 atom stereocenters. The van der Waals surface area contributed by atoms with E-state index in [1.54, 1.807) is 6.26 Å². The van der Waals surface area contributed by atoms with E-state index >= 15 is 0 Å². The van der Waals surface area contributed by atoms with Gasteiger partial charge in [-0.25, -0.2) is 0 Å². The zero-order chi connectivity index (χ0) is 11.8. The maximum Gasteiger partial charge on any atom is 0.138 e. The van der Waals surface area contributed by atoms with Crippen LogP contribution in [0.15, 0.2) is 45.4 Å². The Labute approximate surface area is 98.8 Å². The largest absolute Gasteiger partial charge is 0.467 e. The Hall–Kier alpha value is -2.00. The van der Waals surface area contributed by atoms with Crippen molar-refractivity contribution < 1.29 is 8.83 Å². The van der Waals surface area contributed by atoms with Crippen molar-refractivity contribution in [2.45, 2.75) is 13.5 Å². The first-order valence-corrected chi connectivity index (χ1v) is 5.55. The summed E-state index contributed by atoms with van der Waals surface area (Å²) in [5.74, 6) is 1.56. The first-order chi connectivity index (χ1) is 8.29. The highest BCUT2D eigenvalue weighted by Gasteiger charge is 2.12. The van der Waals surface area contributed by atoms with Crippen molar-refractivity contribution in [2.24, 2.45) is 5.73 Å². The minimum absolute atomic E-state index is 0.373. The molecule has 0 amide bonds. The molecule has 0 spiro atoms. The summed E-state index contributed by atoms with van der Waals surface area (Å²) in [5, 5.41) is 1.10. The quantitative estimate of drug-likeness (QED) is 0.729. The number of furan rings is 2. The van der Waals surface area contributed by atoms with Crippen LogP contribution in [0.3, 0.4) is 0 Å². The van der Waals surface area contributed by atoms with Crippen molar-refractivity contribution in [3.63, 3.8) is 0 Å². The van der Waals surface area contributed by atoms with Crippen molar-refractivity contribution in [3.8, 4) is 11.3 Å². The molecule has 0 radical (unpaired) electrons. The first kappa shape index (κ1) is 10.2. The molecule has 86 valence electrons. The van der Waals surface area contributed by atoms with Gasteiger partial charge in [0.25, 0.3) is 0 Å². The summed E-state index contributed by atoms with van der Waals surface area (Å²) in [7, 11) is 0. The summed E-state index contributed by atoms with van der Waals surface area (Å²) in [6.45, 7) is 2.41. The minimum atomic E-state index is 0.373. The molecule has 0 unspecified atom stereocenters. The second kappa shape index (κ2) is 3.79. The lowest BCUT2D eigenvalue weighted by Crippen LogP contribution is -1.95.